The Labute approximate surface area is 253 Å². The second-order valence-electron chi connectivity index (χ2n) is 11.6. The Hall–Kier alpha value is -5.08. The highest BCUT2D eigenvalue weighted by Crippen LogP contribution is 2.38. The molecule has 43 heavy (non-hydrogen) atoms. The number of phenolic OH excluding ortho intramolecular Hbond substituents is 1. The molecule has 0 radical (unpaired) electrons. The van der Waals surface area contributed by atoms with E-state index in [2.05, 4.69) is 135 Å². The van der Waals surface area contributed by atoms with E-state index < -0.39 is 0 Å². The molecule has 2 nitrogen and oxygen atoms in total. The SMILES string of the molecule is CCCc1ccc2c(c1)c1cc(-c3ccc(-c4cc(O)ccc4C)c(C)c3)ccc1n2-c1ccc(-c2ccccc2)cc1. The summed E-state index contributed by atoms with van der Waals surface area (Å²) in [5.74, 6) is 0.295. The Morgan fingerprint density at radius 1 is 0.535 bits per heavy atom. The first kappa shape index (κ1) is 26.8. The molecule has 1 heterocycles. The number of aromatic nitrogens is 1. The lowest BCUT2D eigenvalue weighted by atomic mass is 9.93. The van der Waals surface area contributed by atoms with Gasteiger partial charge in [-0.3, -0.25) is 0 Å². The van der Waals surface area contributed by atoms with Crippen LogP contribution in [0.25, 0.3) is 60.9 Å². The van der Waals surface area contributed by atoms with Crippen LogP contribution in [-0.4, -0.2) is 9.67 Å². The van der Waals surface area contributed by atoms with Crippen LogP contribution in [0.1, 0.15) is 30.0 Å². The Bertz CT molecular complexity index is 2100. The van der Waals surface area contributed by atoms with Crippen molar-refractivity contribution in [3.8, 4) is 44.8 Å². The van der Waals surface area contributed by atoms with Gasteiger partial charge in [-0.05, 0) is 119 Å². The average Bonchev–Trinajstić information content (AvgIpc) is 3.36. The van der Waals surface area contributed by atoms with Crippen LogP contribution in [0.4, 0.5) is 0 Å². The summed E-state index contributed by atoms with van der Waals surface area (Å²) in [6.45, 7) is 6.49. The highest BCUT2D eigenvalue weighted by atomic mass is 16.3. The monoisotopic (exact) mass is 557 g/mol. The first-order chi connectivity index (χ1) is 21.0. The summed E-state index contributed by atoms with van der Waals surface area (Å²) in [4.78, 5) is 0. The van der Waals surface area contributed by atoms with E-state index in [9.17, 15) is 5.11 Å². The van der Waals surface area contributed by atoms with Crippen molar-refractivity contribution in [2.75, 3.05) is 0 Å². The van der Waals surface area contributed by atoms with Gasteiger partial charge in [0.25, 0.3) is 0 Å². The van der Waals surface area contributed by atoms with Crippen LogP contribution in [0.15, 0.2) is 127 Å². The predicted molar refractivity (Wildman–Crippen MR) is 182 cm³/mol. The zero-order valence-electron chi connectivity index (χ0n) is 24.9. The maximum absolute atomic E-state index is 10.1. The molecule has 0 aliphatic heterocycles. The normalized spacial score (nSPS) is 11.4. The molecule has 2 heteroatoms. The second kappa shape index (κ2) is 11.0. The van der Waals surface area contributed by atoms with Crippen molar-refractivity contribution >= 4 is 21.8 Å². The van der Waals surface area contributed by atoms with Gasteiger partial charge in [0.2, 0.25) is 0 Å². The van der Waals surface area contributed by atoms with Crippen molar-refractivity contribution in [3.63, 3.8) is 0 Å². The van der Waals surface area contributed by atoms with Crippen molar-refractivity contribution in [2.45, 2.75) is 33.6 Å². The molecule has 7 rings (SSSR count). The van der Waals surface area contributed by atoms with E-state index in [0.717, 1.165) is 35.2 Å². The van der Waals surface area contributed by atoms with Crippen molar-refractivity contribution < 1.29 is 5.11 Å². The molecule has 1 N–H and O–H groups in total. The highest BCUT2D eigenvalue weighted by Gasteiger charge is 2.15. The lowest BCUT2D eigenvalue weighted by Crippen LogP contribution is -1.94. The number of benzene rings is 6. The number of hydrogen-bond acceptors (Lipinski definition) is 1. The second-order valence-corrected chi connectivity index (χ2v) is 11.6. The van der Waals surface area contributed by atoms with Crippen molar-refractivity contribution in [1.29, 1.82) is 0 Å². The van der Waals surface area contributed by atoms with E-state index in [1.807, 2.05) is 12.1 Å². The van der Waals surface area contributed by atoms with E-state index in [4.69, 9.17) is 0 Å². The largest absolute Gasteiger partial charge is 0.508 e. The molecule has 7 aromatic rings. The summed E-state index contributed by atoms with van der Waals surface area (Å²) in [5.41, 5.74) is 14.4. The van der Waals surface area contributed by atoms with Crippen LogP contribution in [0.2, 0.25) is 0 Å². The van der Waals surface area contributed by atoms with Gasteiger partial charge in [0.05, 0.1) is 11.0 Å². The molecule has 0 aliphatic carbocycles. The topological polar surface area (TPSA) is 25.2 Å². The van der Waals surface area contributed by atoms with Crippen LogP contribution in [0.3, 0.4) is 0 Å². The van der Waals surface area contributed by atoms with Gasteiger partial charge in [-0.25, -0.2) is 0 Å². The van der Waals surface area contributed by atoms with Crippen molar-refractivity contribution in [2.24, 2.45) is 0 Å². The number of nitrogens with zero attached hydrogens (tertiary/aromatic N) is 1. The van der Waals surface area contributed by atoms with Gasteiger partial charge in [-0.1, -0.05) is 92.2 Å². The summed E-state index contributed by atoms with van der Waals surface area (Å²) >= 11 is 0. The van der Waals surface area contributed by atoms with Gasteiger partial charge in [0.15, 0.2) is 0 Å². The number of rotatable bonds is 6. The molecule has 1 aromatic heterocycles. The Balaban J connectivity index is 1.36. The van der Waals surface area contributed by atoms with E-state index >= 15 is 0 Å². The van der Waals surface area contributed by atoms with Gasteiger partial charge in [0, 0.05) is 16.5 Å². The first-order valence-electron chi connectivity index (χ1n) is 15.1. The number of aromatic hydroxyl groups is 1. The van der Waals surface area contributed by atoms with Crippen LogP contribution in [0.5, 0.6) is 5.75 Å². The minimum absolute atomic E-state index is 0.295. The summed E-state index contributed by atoms with van der Waals surface area (Å²) in [6, 6.07) is 45.6. The smallest absolute Gasteiger partial charge is 0.116 e. The zero-order chi connectivity index (χ0) is 29.5. The van der Waals surface area contributed by atoms with Crippen LogP contribution in [0, 0.1) is 13.8 Å². The Kier molecular flexibility index (Phi) is 6.83. The molecule has 0 amide bonds. The quantitative estimate of drug-likeness (QED) is 0.216. The number of fused-ring (bicyclic) bond motifs is 3. The Morgan fingerprint density at radius 3 is 1.93 bits per heavy atom. The van der Waals surface area contributed by atoms with E-state index in [-0.39, 0.29) is 0 Å². The minimum Gasteiger partial charge on any atom is -0.508 e. The maximum Gasteiger partial charge on any atom is 0.116 e. The van der Waals surface area contributed by atoms with Gasteiger partial charge in [-0.15, -0.1) is 0 Å². The molecule has 0 atom stereocenters. The van der Waals surface area contributed by atoms with Crippen molar-refractivity contribution in [3.05, 3.63) is 144 Å². The fourth-order valence-electron chi connectivity index (χ4n) is 6.45. The average molecular weight is 558 g/mol. The number of phenols is 1. The highest BCUT2D eigenvalue weighted by molar-refractivity contribution is 6.10. The summed E-state index contributed by atoms with van der Waals surface area (Å²) < 4.78 is 2.40. The molecular formula is C41H35NO. The summed E-state index contributed by atoms with van der Waals surface area (Å²) in [6.07, 6.45) is 2.20. The van der Waals surface area contributed by atoms with E-state index in [1.54, 1.807) is 6.07 Å². The van der Waals surface area contributed by atoms with Gasteiger partial charge in [-0.2, -0.15) is 0 Å². The predicted octanol–water partition coefficient (Wildman–Crippen LogP) is 11.1. The molecule has 0 spiro atoms. The molecule has 0 aliphatic rings. The molecule has 0 unspecified atom stereocenters. The Morgan fingerprint density at radius 2 is 1.19 bits per heavy atom. The lowest BCUT2D eigenvalue weighted by molar-refractivity contribution is 0.475. The summed E-state index contributed by atoms with van der Waals surface area (Å²) in [7, 11) is 0. The zero-order valence-corrected chi connectivity index (χ0v) is 24.9. The van der Waals surface area contributed by atoms with E-state index in [1.165, 1.54) is 55.2 Å². The third-order valence-electron chi connectivity index (χ3n) is 8.67. The van der Waals surface area contributed by atoms with Crippen LogP contribution >= 0.6 is 0 Å². The van der Waals surface area contributed by atoms with E-state index in [0.29, 0.717) is 5.75 Å². The lowest BCUT2D eigenvalue weighted by Gasteiger charge is -2.13. The van der Waals surface area contributed by atoms with Gasteiger partial charge < -0.3 is 9.67 Å². The van der Waals surface area contributed by atoms with Crippen molar-refractivity contribution in [1.82, 2.24) is 4.57 Å². The van der Waals surface area contributed by atoms with Gasteiger partial charge >= 0.3 is 0 Å². The molecule has 0 saturated carbocycles. The molecule has 210 valence electrons. The summed E-state index contributed by atoms with van der Waals surface area (Å²) in [5, 5.41) is 12.7. The first-order valence-corrected chi connectivity index (χ1v) is 15.1. The number of aryl methyl sites for hydroxylation is 3. The molecule has 0 fully saturated rings. The maximum atomic E-state index is 10.1. The fourth-order valence-corrected chi connectivity index (χ4v) is 6.45. The molecule has 0 saturated heterocycles. The van der Waals surface area contributed by atoms with Crippen LogP contribution in [-0.2, 0) is 6.42 Å². The fraction of sp³-hybridized carbons (Fsp3) is 0.122. The minimum atomic E-state index is 0.295. The van der Waals surface area contributed by atoms with Crippen LogP contribution < -0.4 is 0 Å². The standard InChI is InChI=1S/C41H35NO/c1-4-8-29-12-21-40-38(24-29)39-25-33(32-15-20-36(28(3)23-32)37-26-35(43)19-11-27(37)2)16-22-41(39)42(40)34-17-13-31(14-18-34)30-9-6-5-7-10-30/h5-7,9-26,43H,4,8H2,1-3H3. The third kappa shape index (κ3) is 4.89. The third-order valence-corrected chi connectivity index (χ3v) is 8.67. The van der Waals surface area contributed by atoms with Gasteiger partial charge in [0.1, 0.15) is 5.75 Å². The number of hydrogen-bond donors (Lipinski definition) is 1. The molecular weight excluding hydrogens is 522 g/mol. The molecule has 6 aromatic carbocycles. The molecule has 0 bridgehead atoms.